The maximum Gasteiger partial charge on any atom is 0.164 e. The first kappa shape index (κ1) is 14.9. The monoisotopic (exact) mass is 304 g/mol. The molecule has 0 aromatic carbocycles. The molecule has 1 atom stereocenters. The fraction of sp³-hybridized carbons (Fsp3) is 0.667. The Morgan fingerprint density at radius 3 is 2.89 bits per heavy atom. The van der Waals surface area contributed by atoms with Crippen LogP contribution in [-0.4, -0.2) is 43.0 Å². The van der Waals surface area contributed by atoms with Gasteiger partial charge in [-0.05, 0) is 13.0 Å². The van der Waals surface area contributed by atoms with Crippen molar-refractivity contribution >= 4 is 21.6 Å². The third-order valence-electron chi connectivity index (χ3n) is 3.33. The van der Waals surface area contributed by atoms with Crippen molar-refractivity contribution in [1.29, 1.82) is 0 Å². The van der Waals surface area contributed by atoms with Gasteiger partial charge in [0.15, 0.2) is 9.84 Å². The van der Waals surface area contributed by atoms with E-state index in [9.17, 15) is 8.42 Å². The van der Waals surface area contributed by atoms with E-state index in [0.29, 0.717) is 18.8 Å². The van der Waals surface area contributed by atoms with Crippen LogP contribution in [0.2, 0.25) is 0 Å². The van der Waals surface area contributed by atoms with Crippen molar-refractivity contribution in [3.05, 3.63) is 23.2 Å². The van der Waals surface area contributed by atoms with E-state index < -0.39 is 15.2 Å². The Labute approximate surface area is 118 Å². The van der Waals surface area contributed by atoms with Gasteiger partial charge in [0.2, 0.25) is 0 Å². The number of hydrogen-bond donors (Lipinski definition) is 1. The maximum absolute atomic E-state index is 11.8. The van der Waals surface area contributed by atoms with Crippen LogP contribution in [0.25, 0.3) is 0 Å². The summed E-state index contributed by atoms with van der Waals surface area (Å²) in [6.45, 7) is 3.65. The van der Waals surface area contributed by atoms with Gasteiger partial charge in [0, 0.05) is 36.4 Å². The summed E-state index contributed by atoms with van der Waals surface area (Å²) in [5, 5.41) is -0.401. The minimum Gasteiger partial charge on any atom is -0.465 e. The summed E-state index contributed by atoms with van der Waals surface area (Å²) in [7, 11) is -3.06. The van der Waals surface area contributed by atoms with Crippen LogP contribution in [0.3, 0.4) is 0 Å². The van der Waals surface area contributed by atoms with E-state index in [-0.39, 0.29) is 0 Å². The number of thioether (sulfide) groups is 1. The van der Waals surface area contributed by atoms with Crippen molar-refractivity contribution in [1.82, 2.24) is 4.90 Å². The lowest BCUT2D eigenvalue weighted by atomic mass is 10.2. The van der Waals surface area contributed by atoms with Crippen LogP contribution < -0.4 is 5.73 Å². The summed E-state index contributed by atoms with van der Waals surface area (Å²) < 4.78 is 29.2. The van der Waals surface area contributed by atoms with Crippen molar-refractivity contribution < 1.29 is 12.8 Å². The molecule has 0 amide bonds. The van der Waals surface area contributed by atoms with Crippen LogP contribution in [0.4, 0.5) is 0 Å². The smallest absolute Gasteiger partial charge is 0.164 e. The van der Waals surface area contributed by atoms with Crippen LogP contribution in [0, 0.1) is 6.92 Å². The molecule has 2 heterocycles. The molecule has 1 fully saturated rings. The van der Waals surface area contributed by atoms with E-state index in [2.05, 4.69) is 0 Å². The second-order valence-corrected chi connectivity index (χ2v) is 8.18. The highest BCUT2D eigenvalue weighted by atomic mass is 32.2. The number of furan rings is 1. The van der Waals surface area contributed by atoms with Gasteiger partial charge in [0.05, 0.1) is 6.54 Å². The van der Waals surface area contributed by atoms with E-state index >= 15 is 0 Å². The lowest BCUT2D eigenvalue weighted by Gasteiger charge is -2.33. The Kier molecular flexibility index (Phi) is 4.60. The molecule has 7 heteroatoms. The van der Waals surface area contributed by atoms with Gasteiger partial charge in [-0.2, -0.15) is 11.8 Å². The number of nitrogens with two attached hydrogens (primary N) is 1. The Morgan fingerprint density at radius 1 is 1.58 bits per heavy atom. The molecule has 0 aliphatic carbocycles. The highest BCUT2D eigenvalue weighted by Gasteiger charge is 2.31. The molecule has 1 aromatic heterocycles. The van der Waals surface area contributed by atoms with Gasteiger partial charge in [0.25, 0.3) is 0 Å². The zero-order valence-electron chi connectivity index (χ0n) is 11.3. The Balaban J connectivity index is 2.17. The fourth-order valence-electron chi connectivity index (χ4n) is 2.25. The number of aryl methyl sites for hydroxylation is 1. The molecule has 1 aliphatic heterocycles. The summed E-state index contributed by atoms with van der Waals surface area (Å²) in [6, 6.07) is 1.93. The van der Waals surface area contributed by atoms with Crippen LogP contribution in [-0.2, 0) is 22.9 Å². The Bertz CT molecular complexity index is 539. The molecule has 108 valence electrons. The van der Waals surface area contributed by atoms with Gasteiger partial charge >= 0.3 is 0 Å². The van der Waals surface area contributed by atoms with Gasteiger partial charge in [-0.25, -0.2) is 8.42 Å². The first-order chi connectivity index (χ1) is 8.91. The number of sulfone groups is 1. The maximum atomic E-state index is 11.8. The van der Waals surface area contributed by atoms with Crippen LogP contribution in [0.5, 0.6) is 0 Å². The Hall–Kier alpha value is -0.500. The molecule has 0 spiro atoms. The fourth-order valence-corrected chi connectivity index (χ4v) is 5.20. The van der Waals surface area contributed by atoms with Gasteiger partial charge in [-0.3, -0.25) is 4.90 Å². The quantitative estimate of drug-likeness (QED) is 0.893. The minimum atomic E-state index is -3.06. The molecule has 0 bridgehead atoms. The average molecular weight is 304 g/mol. The van der Waals surface area contributed by atoms with E-state index in [1.807, 2.05) is 17.9 Å². The number of rotatable bonds is 4. The van der Waals surface area contributed by atoms with Gasteiger partial charge in [0.1, 0.15) is 16.9 Å². The number of nitrogens with zero attached hydrogens (tertiary/aromatic N) is 1. The van der Waals surface area contributed by atoms with Crippen LogP contribution in [0.15, 0.2) is 10.5 Å². The van der Waals surface area contributed by atoms with Crippen molar-refractivity contribution in [2.75, 3.05) is 24.3 Å². The van der Waals surface area contributed by atoms with E-state index in [1.165, 1.54) is 6.26 Å². The lowest BCUT2D eigenvalue weighted by molar-refractivity contribution is 0.260. The van der Waals surface area contributed by atoms with Crippen molar-refractivity contribution in [3.63, 3.8) is 0 Å². The molecule has 5 nitrogen and oxygen atoms in total. The molecular weight excluding hydrogens is 284 g/mol. The molecule has 1 saturated heterocycles. The number of hydrogen-bond acceptors (Lipinski definition) is 6. The minimum absolute atomic E-state index is 0.367. The normalized spacial score (nSPS) is 21.7. The molecular formula is C12H20N2O3S2. The first-order valence-corrected chi connectivity index (χ1v) is 9.31. The molecule has 19 heavy (non-hydrogen) atoms. The van der Waals surface area contributed by atoms with Crippen molar-refractivity contribution in [3.8, 4) is 0 Å². The summed E-state index contributed by atoms with van der Waals surface area (Å²) >= 11 is 1.69. The van der Waals surface area contributed by atoms with Gasteiger partial charge < -0.3 is 10.2 Å². The summed E-state index contributed by atoms with van der Waals surface area (Å²) in [4.78, 5) is 2.02. The topological polar surface area (TPSA) is 76.5 Å². The summed E-state index contributed by atoms with van der Waals surface area (Å²) in [5.74, 6) is 3.17. The standard InChI is InChI=1S/C12H20N2O3S2/c1-9-10(5-11(6-13)17-9)7-14-3-4-18-8-12(14)19(2,15)16/h5,12H,3-4,6-8,13H2,1-2H3. The lowest BCUT2D eigenvalue weighted by Crippen LogP contribution is -2.46. The highest BCUT2D eigenvalue weighted by molar-refractivity contribution is 8.00. The molecule has 0 radical (unpaired) electrons. The molecule has 2 N–H and O–H groups in total. The van der Waals surface area contributed by atoms with E-state index in [1.54, 1.807) is 11.8 Å². The second-order valence-electron chi connectivity index (χ2n) is 4.83. The molecule has 2 rings (SSSR count). The predicted octanol–water partition coefficient (Wildman–Crippen LogP) is 0.966. The molecule has 1 aliphatic rings. The second kappa shape index (κ2) is 5.87. The zero-order chi connectivity index (χ0) is 14.0. The van der Waals surface area contributed by atoms with E-state index in [4.69, 9.17) is 10.2 Å². The molecule has 0 saturated carbocycles. The SMILES string of the molecule is Cc1oc(CN)cc1CN1CCSCC1S(C)(=O)=O. The largest absolute Gasteiger partial charge is 0.465 e. The summed E-state index contributed by atoms with van der Waals surface area (Å²) in [5.41, 5.74) is 6.58. The van der Waals surface area contributed by atoms with Crippen LogP contribution in [0.1, 0.15) is 17.1 Å². The van der Waals surface area contributed by atoms with Crippen molar-refractivity contribution in [2.45, 2.75) is 25.4 Å². The molecule has 1 aromatic rings. The summed E-state index contributed by atoms with van der Waals surface area (Å²) in [6.07, 6.45) is 1.31. The van der Waals surface area contributed by atoms with Gasteiger partial charge in [-0.1, -0.05) is 0 Å². The average Bonchev–Trinajstić information content (AvgIpc) is 2.70. The highest BCUT2D eigenvalue weighted by Crippen LogP contribution is 2.24. The van der Waals surface area contributed by atoms with Gasteiger partial charge in [-0.15, -0.1) is 0 Å². The Morgan fingerprint density at radius 2 is 2.32 bits per heavy atom. The first-order valence-electron chi connectivity index (χ1n) is 6.20. The van der Waals surface area contributed by atoms with Crippen molar-refractivity contribution in [2.24, 2.45) is 5.73 Å². The predicted molar refractivity (Wildman–Crippen MR) is 77.7 cm³/mol. The third kappa shape index (κ3) is 3.53. The third-order valence-corrected chi connectivity index (χ3v) is 6.02. The zero-order valence-corrected chi connectivity index (χ0v) is 12.9. The van der Waals surface area contributed by atoms with Crippen LogP contribution >= 0.6 is 11.8 Å². The van der Waals surface area contributed by atoms with E-state index in [0.717, 1.165) is 29.4 Å². The molecule has 1 unspecified atom stereocenters.